The Hall–Kier alpha value is -3.65. The van der Waals surface area contributed by atoms with E-state index in [1.165, 1.54) is 0 Å². The van der Waals surface area contributed by atoms with E-state index in [0.29, 0.717) is 16.9 Å². The molecule has 1 amide bonds. The first-order valence-electron chi connectivity index (χ1n) is 8.09. The maximum Gasteiger partial charge on any atom is 0.257 e. The fourth-order valence-electron chi connectivity index (χ4n) is 2.70. The number of benzene rings is 2. The average molecular weight is 343 g/mol. The molecular weight excluding hydrogens is 326 g/mol. The largest absolute Gasteiger partial charge is 0.438 e. The van der Waals surface area contributed by atoms with Crippen LogP contribution in [0.15, 0.2) is 60.8 Å². The second-order valence-corrected chi connectivity index (χ2v) is 5.67. The second kappa shape index (κ2) is 7.49. The molecule has 0 saturated heterocycles. The van der Waals surface area contributed by atoms with Crippen molar-refractivity contribution in [2.24, 2.45) is 0 Å². The van der Waals surface area contributed by atoms with Crippen LogP contribution in [0.3, 0.4) is 0 Å². The summed E-state index contributed by atoms with van der Waals surface area (Å²) in [4.78, 5) is 16.8. The van der Waals surface area contributed by atoms with Crippen LogP contribution in [0.25, 0.3) is 11.1 Å². The van der Waals surface area contributed by atoms with Crippen LogP contribution in [-0.4, -0.2) is 17.9 Å². The molecule has 0 aliphatic rings. The first-order valence-corrected chi connectivity index (χ1v) is 8.09. The number of hydrogen-bond acceptors (Lipinski definition) is 4. The molecule has 2 aromatic carbocycles. The number of pyridine rings is 1. The van der Waals surface area contributed by atoms with Crippen molar-refractivity contribution < 1.29 is 9.53 Å². The summed E-state index contributed by atoms with van der Waals surface area (Å²) < 4.78 is 5.85. The van der Waals surface area contributed by atoms with E-state index >= 15 is 0 Å². The number of carbonyl (C=O) groups excluding carboxylic acids is 1. The smallest absolute Gasteiger partial charge is 0.257 e. The van der Waals surface area contributed by atoms with E-state index in [0.717, 1.165) is 16.7 Å². The number of nitrogens with zero attached hydrogens (tertiary/aromatic N) is 2. The summed E-state index contributed by atoms with van der Waals surface area (Å²) in [6.07, 6.45) is 1.61. The van der Waals surface area contributed by atoms with Gasteiger partial charge in [0, 0.05) is 18.8 Å². The van der Waals surface area contributed by atoms with E-state index in [4.69, 9.17) is 10.00 Å². The van der Waals surface area contributed by atoms with Crippen molar-refractivity contribution in [2.45, 2.75) is 6.92 Å². The fraction of sp³-hybridized carbons (Fsp3) is 0.0952. The van der Waals surface area contributed by atoms with E-state index in [9.17, 15) is 4.79 Å². The lowest BCUT2D eigenvalue weighted by Crippen LogP contribution is -2.20. The van der Waals surface area contributed by atoms with E-state index in [-0.39, 0.29) is 11.8 Å². The summed E-state index contributed by atoms with van der Waals surface area (Å²) >= 11 is 0. The molecule has 0 aliphatic carbocycles. The summed E-state index contributed by atoms with van der Waals surface area (Å²) in [5, 5.41) is 11.7. The van der Waals surface area contributed by atoms with E-state index in [1.54, 1.807) is 43.6 Å². The minimum absolute atomic E-state index is 0.195. The summed E-state index contributed by atoms with van der Waals surface area (Å²) in [5.41, 5.74) is 3.54. The third kappa shape index (κ3) is 3.40. The highest BCUT2D eigenvalue weighted by Crippen LogP contribution is 2.33. The molecular formula is C21H17N3O2. The number of nitrogens with one attached hydrogen (secondary N) is 1. The second-order valence-electron chi connectivity index (χ2n) is 5.67. The van der Waals surface area contributed by atoms with E-state index < -0.39 is 0 Å². The minimum atomic E-state index is -0.289. The molecule has 26 heavy (non-hydrogen) atoms. The van der Waals surface area contributed by atoms with Crippen molar-refractivity contribution >= 4 is 5.91 Å². The van der Waals surface area contributed by atoms with Crippen molar-refractivity contribution in [1.29, 1.82) is 5.26 Å². The average Bonchev–Trinajstić information content (AvgIpc) is 2.68. The number of carbonyl (C=O) groups is 1. The van der Waals surface area contributed by atoms with E-state index in [2.05, 4.69) is 16.4 Å². The predicted octanol–water partition coefficient (Wildman–Crippen LogP) is 4.08. The van der Waals surface area contributed by atoms with E-state index in [1.807, 2.05) is 31.2 Å². The Morgan fingerprint density at radius 1 is 1.12 bits per heavy atom. The Labute approximate surface area is 151 Å². The molecule has 5 heteroatoms. The molecule has 0 saturated carbocycles. The van der Waals surface area contributed by atoms with Crippen LogP contribution in [0.2, 0.25) is 0 Å². The van der Waals surface area contributed by atoms with Crippen molar-refractivity contribution in [1.82, 2.24) is 10.3 Å². The molecule has 0 unspecified atom stereocenters. The summed E-state index contributed by atoms with van der Waals surface area (Å²) in [6.45, 7) is 1.99. The lowest BCUT2D eigenvalue weighted by atomic mass is 9.97. The van der Waals surface area contributed by atoms with Gasteiger partial charge in [0.25, 0.3) is 5.91 Å². The number of hydrogen-bond donors (Lipinski definition) is 1. The Balaban J connectivity index is 2.14. The third-order valence-electron chi connectivity index (χ3n) is 3.98. The zero-order chi connectivity index (χ0) is 18.5. The van der Waals surface area contributed by atoms with Crippen LogP contribution in [0.4, 0.5) is 0 Å². The SMILES string of the molecule is CNC(=O)c1c(-c2ccccc2C)ccnc1Oc1cccc(C#N)c1. The van der Waals surface area contributed by atoms with Crippen LogP contribution in [-0.2, 0) is 0 Å². The van der Waals surface area contributed by atoms with Gasteiger partial charge in [0.2, 0.25) is 5.88 Å². The zero-order valence-corrected chi connectivity index (χ0v) is 14.5. The number of aromatic nitrogens is 1. The van der Waals surface area contributed by atoms with Crippen molar-refractivity contribution in [3.63, 3.8) is 0 Å². The highest BCUT2D eigenvalue weighted by molar-refractivity contribution is 6.03. The molecule has 0 aliphatic heterocycles. The van der Waals surface area contributed by atoms with Crippen molar-refractivity contribution in [3.05, 3.63) is 77.5 Å². The molecule has 0 radical (unpaired) electrons. The Morgan fingerprint density at radius 2 is 1.92 bits per heavy atom. The Kier molecular flexibility index (Phi) is 4.95. The molecule has 3 rings (SSSR count). The Bertz CT molecular complexity index is 1010. The van der Waals surface area contributed by atoms with Crippen molar-refractivity contribution in [3.8, 4) is 28.8 Å². The summed E-state index contributed by atoms with van der Waals surface area (Å²) in [7, 11) is 1.57. The molecule has 1 aromatic heterocycles. The molecule has 1 heterocycles. The monoisotopic (exact) mass is 343 g/mol. The van der Waals surface area contributed by atoms with Gasteiger partial charge in [0.05, 0.1) is 11.6 Å². The minimum Gasteiger partial charge on any atom is -0.438 e. The number of rotatable bonds is 4. The van der Waals surface area contributed by atoms with Crippen LogP contribution < -0.4 is 10.1 Å². The van der Waals surface area contributed by atoms with Gasteiger partial charge in [-0.05, 0) is 42.3 Å². The molecule has 3 aromatic rings. The van der Waals surface area contributed by atoms with Crippen LogP contribution in [0, 0.1) is 18.3 Å². The zero-order valence-electron chi connectivity index (χ0n) is 14.5. The molecule has 0 fully saturated rings. The van der Waals surface area contributed by atoms with Gasteiger partial charge >= 0.3 is 0 Å². The van der Waals surface area contributed by atoms with Crippen LogP contribution >= 0.6 is 0 Å². The fourth-order valence-corrected chi connectivity index (χ4v) is 2.70. The lowest BCUT2D eigenvalue weighted by molar-refractivity contribution is 0.0961. The van der Waals surface area contributed by atoms with Crippen LogP contribution in [0.5, 0.6) is 11.6 Å². The van der Waals surface area contributed by atoms with Gasteiger partial charge in [-0.1, -0.05) is 30.3 Å². The first-order chi connectivity index (χ1) is 12.6. The molecule has 5 nitrogen and oxygen atoms in total. The third-order valence-corrected chi connectivity index (χ3v) is 3.98. The molecule has 1 N–H and O–H groups in total. The molecule has 0 spiro atoms. The number of aryl methyl sites for hydroxylation is 1. The van der Waals surface area contributed by atoms with Gasteiger partial charge in [-0.2, -0.15) is 5.26 Å². The highest BCUT2D eigenvalue weighted by atomic mass is 16.5. The molecule has 128 valence electrons. The number of nitriles is 1. The van der Waals surface area contributed by atoms with Gasteiger partial charge < -0.3 is 10.1 Å². The maximum absolute atomic E-state index is 12.6. The normalized spacial score (nSPS) is 10.0. The van der Waals surface area contributed by atoms with Gasteiger partial charge in [0.1, 0.15) is 11.3 Å². The quantitative estimate of drug-likeness (QED) is 0.774. The lowest BCUT2D eigenvalue weighted by Gasteiger charge is -2.15. The van der Waals surface area contributed by atoms with Gasteiger partial charge in [0.15, 0.2) is 0 Å². The topological polar surface area (TPSA) is 75.0 Å². The predicted molar refractivity (Wildman–Crippen MR) is 99.0 cm³/mol. The van der Waals surface area contributed by atoms with Crippen molar-refractivity contribution in [2.75, 3.05) is 7.05 Å². The van der Waals surface area contributed by atoms with Crippen LogP contribution in [0.1, 0.15) is 21.5 Å². The maximum atomic E-state index is 12.6. The molecule has 0 atom stereocenters. The highest BCUT2D eigenvalue weighted by Gasteiger charge is 2.20. The number of ether oxygens (including phenoxy) is 1. The first kappa shape index (κ1) is 17.2. The standard InChI is InChI=1S/C21H17N3O2/c1-14-6-3-4-9-17(14)18-10-11-24-21(19(18)20(25)23-2)26-16-8-5-7-15(12-16)13-22/h3-12H,1-2H3,(H,23,25). The Morgan fingerprint density at radius 3 is 2.65 bits per heavy atom. The van der Waals surface area contributed by atoms with Gasteiger partial charge in [-0.25, -0.2) is 4.98 Å². The summed E-state index contributed by atoms with van der Waals surface area (Å²) in [6, 6.07) is 18.4. The van der Waals surface area contributed by atoms with Gasteiger partial charge in [-0.15, -0.1) is 0 Å². The van der Waals surface area contributed by atoms with Gasteiger partial charge in [-0.3, -0.25) is 4.79 Å². The molecule has 0 bridgehead atoms. The number of amides is 1. The summed E-state index contributed by atoms with van der Waals surface area (Å²) in [5.74, 6) is 0.353.